The van der Waals surface area contributed by atoms with Crippen LogP contribution in [-0.4, -0.2) is 54.0 Å². The van der Waals surface area contributed by atoms with Gasteiger partial charge in [-0.3, -0.25) is 19.3 Å². The molecule has 0 spiro atoms. The van der Waals surface area contributed by atoms with Crippen molar-refractivity contribution in [2.45, 2.75) is 44.8 Å². The Labute approximate surface area is 159 Å². The van der Waals surface area contributed by atoms with E-state index >= 15 is 0 Å². The number of nitrogens with one attached hydrogen (secondary N) is 2. The van der Waals surface area contributed by atoms with E-state index in [0.717, 1.165) is 18.4 Å². The maximum atomic E-state index is 12.2. The van der Waals surface area contributed by atoms with E-state index in [1.165, 1.54) is 6.92 Å². The van der Waals surface area contributed by atoms with Crippen LogP contribution in [-0.2, 0) is 20.9 Å². The molecule has 1 aliphatic heterocycles. The van der Waals surface area contributed by atoms with E-state index in [9.17, 15) is 9.59 Å². The normalized spacial score (nSPS) is 18.6. The number of hydrogen-bond donors (Lipinski definition) is 3. The van der Waals surface area contributed by atoms with E-state index in [1.54, 1.807) is 12.1 Å². The minimum Gasteiger partial charge on any atom is -0.483 e. The van der Waals surface area contributed by atoms with Crippen LogP contribution in [0, 0.1) is 11.3 Å². The van der Waals surface area contributed by atoms with Gasteiger partial charge in [0.1, 0.15) is 0 Å². The molecule has 2 amide bonds. The second-order valence-electron chi connectivity index (χ2n) is 6.39. The number of nitriles is 1. The molecule has 146 valence electrons. The average molecular weight is 374 g/mol. The van der Waals surface area contributed by atoms with Crippen LogP contribution >= 0.6 is 0 Å². The Kier molecular flexibility index (Phi) is 9.54. The molecule has 1 aliphatic rings. The number of rotatable bonds is 6. The first kappa shape index (κ1) is 22.1. The van der Waals surface area contributed by atoms with Crippen molar-refractivity contribution in [3.63, 3.8) is 0 Å². The standard InChI is InChI=1S/C18H24N4O2.CH2O2/c1-13(23)20-12-17-7-6-16(22(17)2)9-18(24)21-11-15-5-3-4-14(8-15)10-19;2-1-3/h3-5,8,16-17H,6-7,9,11-12H2,1-2H3,(H,20,23)(H,21,24);1H,(H,2,3)/t16-,17+;/m0./s1. The largest absolute Gasteiger partial charge is 0.483 e. The molecular weight excluding hydrogens is 348 g/mol. The van der Waals surface area contributed by atoms with E-state index in [4.69, 9.17) is 15.2 Å². The minimum atomic E-state index is -0.250. The van der Waals surface area contributed by atoms with Gasteiger partial charge in [-0.1, -0.05) is 12.1 Å². The van der Waals surface area contributed by atoms with Crippen LogP contribution in [0.1, 0.15) is 37.3 Å². The highest BCUT2D eigenvalue weighted by atomic mass is 16.3. The summed E-state index contributed by atoms with van der Waals surface area (Å²) in [4.78, 5) is 33.7. The van der Waals surface area contributed by atoms with Crippen LogP contribution in [0.2, 0.25) is 0 Å². The molecular formula is C19H26N4O4. The quantitative estimate of drug-likeness (QED) is 0.635. The van der Waals surface area contributed by atoms with E-state index in [1.807, 2.05) is 19.2 Å². The minimum absolute atomic E-state index is 0.00869. The highest BCUT2D eigenvalue weighted by Crippen LogP contribution is 2.24. The van der Waals surface area contributed by atoms with E-state index in [0.29, 0.717) is 31.1 Å². The number of nitrogens with zero attached hydrogens (tertiary/aromatic N) is 2. The Morgan fingerprint density at radius 3 is 2.63 bits per heavy atom. The molecule has 0 aliphatic carbocycles. The summed E-state index contributed by atoms with van der Waals surface area (Å²) in [5.74, 6) is -0.0152. The maximum absolute atomic E-state index is 12.2. The predicted octanol–water partition coefficient (Wildman–Crippen LogP) is 0.864. The first-order valence-corrected chi connectivity index (χ1v) is 8.71. The van der Waals surface area contributed by atoms with Crippen molar-refractivity contribution in [1.29, 1.82) is 5.26 Å². The molecule has 1 aromatic rings. The monoisotopic (exact) mass is 374 g/mol. The number of hydrogen-bond acceptors (Lipinski definition) is 5. The lowest BCUT2D eigenvalue weighted by atomic mass is 10.1. The van der Waals surface area contributed by atoms with Crippen molar-refractivity contribution in [2.24, 2.45) is 0 Å². The molecule has 8 nitrogen and oxygen atoms in total. The summed E-state index contributed by atoms with van der Waals surface area (Å²) in [5, 5.41) is 21.5. The fourth-order valence-electron chi connectivity index (χ4n) is 3.08. The smallest absolute Gasteiger partial charge is 0.290 e. The van der Waals surface area contributed by atoms with Crippen LogP contribution in [0.4, 0.5) is 0 Å². The summed E-state index contributed by atoms with van der Waals surface area (Å²) >= 11 is 0. The lowest BCUT2D eigenvalue weighted by Crippen LogP contribution is -2.41. The number of likely N-dealkylation sites (N-methyl/N-ethyl adjacent to an activating group) is 1. The number of carboxylic acid groups (broad SMARTS) is 1. The molecule has 1 aromatic carbocycles. The third-order valence-corrected chi connectivity index (χ3v) is 4.54. The van der Waals surface area contributed by atoms with Gasteiger partial charge in [0.15, 0.2) is 0 Å². The zero-order chi connectivity index (χ0) is 20.2. The number of likely N-dealkylation sites (tertiary alicyclic amines) is 1. The van der Waals surface area contributed by atoms with Gasteiger partial charge in [0, 0.05) is 38.5 Å². The Morgan fingerprint density at radius 2 is 2.00 bits per heavy atom. The molecule has 2 rings (SSSR count). The van der Waals surface area contributed by atoms with E-state index in [2.05, 4.69) is 21.6 Å². The Bertz CT molecular complexity index is 687. The summed E-state index contributed by atoms with van der Waals surface area (Å²) in [6.07, 6.45) is 2.39. The van der Waals surface area contributed by atoms with Gasteiger partial charge in [-0.15, -0.1) is 0 Å². The third kappa shape index (κ3) is 7.88. The first-order chi connectivity index (χ1) is 12.9. The molecule has 0 bridgehead atoms. The molecule has 0 unspecified atom stereocenters. The van der Waals surface area contributed by atoms with Gasteiger partial charge < -0.3 is 15.7 Å². The van der Waals surface area contributed by atoms with Crippen molar-refractivity contribution in [3.8, 4) is 6.07 Å². The summed E-state index contributed by atoms with van der Waals surface area (Å²) in [7, 11) is 2.01. The number of benzene rings is 1. The molecule has 3 N–H and O–H groups in total. The van der Waals surface area contributed by atoms with Crippen LogP contribution in [0.15, 0.2) is 24.3 Å². The lowest BCUT2D eigenvalue weighted by Gasteiger charge is -2.25. The molecule has 0 radical (unpaired) electrons. The summed E-state index contributed by atoms with van der Waals surface area (Å²) < 4.78 is 0. The van der Waals surface area contributed by atoms with Crippen molar-refractivity contribution >= 4 is 18.3 Å². The van der Waals surface area contributed by atoms with Crippen molar-refractivity contribution < 1.29 is 19.5 Å². The molecule has 2 atom stereocenters. The fourth-order valence-corrected chi connectivity index (χ4v) is 3.08. The molecule has 27 heavy (non-hydrogen) atoms. The average Bonchev–Trinajstić information content (AvgIpc) is 2.99. The zero-order valence-electron chi connectivity index (χ0n) is 15.6. The topological polar surface area (TPSA) is 123 Å². The SMILES string of the molecule is CC(=O)NC[C@H]1CC[C@@H](CC(=O)NCc2cccc(C#N)c2)N1C.O=CO. The molecule has 1 saturated heterocycles. The van der Waals surface area contributed by atoms with Gasteiger partial charge in [-0.2, -0.15) is 5.26 Å². The van der Waals surface area contributed by atoms with E-state index < -0.39 is 0 Å². The number of carbonyl (C=O) groups is 3. The zero-order valence-corrected chi connectivity index (χ0v) is 15.6. The second-order valence-corrected chi connectivity index (χ2v) is 6.39. The highest BCUT2D eigenvalue weighted by molar-refractivity contribution is 5.76. The van der Waals surface area contributed by atoms with Gasteiger partial charge in [-0.05, 0) is 37.6 Å². The lowest BCUT2D eigenvalue weighted by molar-refractivity contribution is -0.123. The predicted molar refractivity (Wildman–Crippen MR) is 99.6 cm³/mol. The number of amides is 2. The molecule has 1 fully saturated rings. The van der Waals surface area contributed by atoms with Gasteiger partial charge >= 0.3 is 0 Å². The second kappa shape index (κ2) is 11.6. The van der Waals surface area contributed by atoms with Crippen LogP contribution in [0.25, 0.3) is 0 Å². The first-order valence-electron chi connectivity index (χ1n) is 8.71. The van der Waals surface area contributed by atoms with Gasteiger partial charge in [0.25, 0.3) is 6.47 Å². The summed E-state index contributed by atoms with van der Waals surface area (Å²) in [6.45, 7) is 2.33. The number of carbonyl (C=O) groups excluding carboxylic acids is 2. The summed E-state index contributed by atoms with van der Waals surface area (Å²) in [5.41, 5.74) is 1.52. The van der Waals surface area contributed by atoms with Crippen molar-refractivity contribution in [1.82, 2.24) is 15.5 Å². The maximum Gasteiger partial charge on any atom is 0.290 e. The third-order valence-electron chi connectivity index (χ3n) is 4.54. The Morgan fingerprint density at radius 1 is 1.33 bits per heavy atom. The van der Waals surface area contributed by atoms with Crippen LogP contribution in [0.5, 0.6) is 0 Å². The van der Waals surface area contributed by atoms with Gasteiger partial charge in [0.2, 0.25) is 11.8 Å². The van der Waals surface area contributed by atoms with Crippen LogP contribution in [0.3, 0.4) is 0 Å². The Balaban J connectivity index is 0.00000114. The van der Waals surface area contributed by atoms with Crippen molar-refractivity contribution in [2.75, 3.05) is 13.6 Å². The fraction of sp³-hybridized carbons (Fsp3) is 0.474. The Hall–Kier alpha value is -2.92. The molecule has 0 saturated carbocycles. The van der Waals surface area contributed by atoms with Gasteiger partial charge in [-0.25, -0.2) is 0 Å². The molecule has 1 heterocycles. The van der Waals surface area contributed by atoms with Crippen molar-refractivity contribution in [3.05, 3.63) is 35.4 Å². The highest BCUT2D eigenvalue weighted by Gasteiger charge is 2.31. The van der Waals surface area contributed by atoms with Gasteiger partial charge in [0.05, 0.1) is 11.6 Å². The van der Waals surface area contributed by atoms with E-state index in [-0.39, 0.29) is 24.3 Å². The molecule has 8 heteroatoms. The summed E-state index contributed by atoms with van der Waals surface area (Å²) in [6, 6.07) is 9.83. The van der Waals surface area contributed by atoms with Crippen LogP contribution < -0.4 is 10.6 Å². The molecule has 0 aromatic heterocycles.